The summed E-state index contributed by atoms with van der Waals surface area (Å²) < 4.78 is 40.1. The van der Waals surface area contributed by atoms with Crippen LogP contribution in [0.3, 0.4) is 0 Å². The molecule has 1 aliphatic carbocycles. The Kier molecular flexibility index (Phi) is 5.28. The number of halogens is 1. The first kappa shape index (κ1) is 19.5. The Labute approximate surface area is 168 Å². The van der Waals surface area contributed by atoms with E-state index in [0.29, 0.717) is 19.0 Å². The highest BCUT2D eigenvalue weighted by Crippen LogP contribution is 2.33. The first-order valence-electron chi connectivity index (χ1n) is 9.51. The third-order valence-corrected chi connectivity index (χ3v) is 8.62. The smallest absolute Gasteiger partial charge is 0.264 e. The number of hydrogen-bond acceptors (Lipinski definition) is 4. The predicted molar refractivity (Wildman–Crippen MR) is 107 cm³/mol. The van der Waals surface area contributed by atoms with Crippen molar-refractivity contribution in [2.45, 2.75) is 31.1 Å². The molecule has 1 atom stereocenters. The van der Waals surface area contributed by atoms with Gasteiger partial charge in [-0.25, -0.2) is 12.8 Å². The van der Waals surface area contributed by atoms with Crippen LogP contribution in [0.15, 0.2) is 35.2 Å². The number of piperazine rings is 1. The summed E-state index contributed by atoms with van der Waals surface area (Å²) in [5.41, 5.74) is 1.29. The molecule has 8 heteroatoms. The van der Waals surface area contributed by atoms with Crippen LogP contribution in [0, 0.1) is 11.7 Å². The molecule has 0 bridgehead atoms. The normalized spacial score (nSPS) is 20.8. The SMILES string of the molecule is C[C@H]1CCc2sc(C(=O)N3CCN(S(=O)(=O)c4cccc(F)c4)CC3)cc2C1. The van der Waals surface area contributed by atoms with Crippen LogP contribution in [-0.4, -0.2) is 49.7 Å². The van der Waals surface area contributed by atoms with Crippen molar-refractivity contribution in [3.63, 3.8) is 0 Å². The maximum Gasteiger partial charge on any atom is 0.264 e. The van der Waals surface area contributed by atoms with Gasteiger partial charge in [0.25, 0.3) is 5.91 Å². The monoisotopic (exact) mass is 422 g/mol. The fraction of sp³-hybridized carbons (Fsp3) is 0.450. The fourth-order valence-corrected chi connectivity index (χ4v) is 6.51. The Morgan fingerprint density at radius 3 is 2.64 bits per heavy atom. The molecular weight excluding hydrogens is 399 g/mol. The molecule has 0 unspecified atom stereocenters. The number of sulfonamides is 1. The van der Waals surface area contributed by atoms with Crippen LogP contribution >= 0.6 is 11.3 Å². The van der Waals surface area contributed by atoms with Gasteiger partial charge in [0.15, 0.2) is 0 Å². The van der Waals surface area contributed by atoms with Crippen molar-refractivity contribution in [2.75, 3.05) is 26.2 Å². The van der Waals surface area contributed by atoms with Gasteiger partial charge in [0, 0.05) is 31.1 Å². The zero-order chi connectivity index (χ0) is 19.9. The van der Waals surface area contributed by atoms with Crippen molar-refractivity contribution < 1.29 is 17.6 Å². The molecule has 5 nitrogen and oxygen atoms in total. The van der Waals surface area contributed by atoms with E-state index in [1.165, 1.54) is 32.9 Å². The zero-order valence-corrected chi connectivity index (χ0v) is 17.4. The Morgan fingerprint density at radius 2 is 1.93 bits per heavy atom. The summed E-state index contributed by atoms with van der Waals surface area (Å²) in [6.45, 7) is 3.35. The maximum atomic E-state index is 13.4. The van der Waals surface area contributed by atoms with Gasteiger partial charge in [-0.1, -0.05) is 13.0 Å². The van der Waals surface area contributed by atoms with E-state index in [9.17, 15) is 17.6 Å². The molecule has 2 heterocycles. The number of carbonyl (C=O) groups is 1. The van der Waals surface area contributed by atoms with Crippen LogP contribution in [0.2, 0.25) is 0 Å². The first-order valence-corrected chi connectivity index (χ1v) is 11.8. The lowest BCUT2D eigenvalue weighted by molar-refractivity contribution is 0.0702. The van der Waals surface area contributed by atoms with Gasteiger partial charge in [0.1, 0.15) is 5.82 Å². The molecule has 2 aromatic rings. The fourth-order valence-electron chi connectivity index (χ4n) is 3.88. The van der Waals surface area contributed by atoms with Crippen LogP contribution < -0.4 is 0 Å². The number of fused-ring (bicyclic) bond motifs is 1. The predicted octanol–water partition coefficient (Wildman–Crippen LogP) is 3.16. The number of aryl methyl sites for hydroxylation is 1. The largest absolute Gasteiger partial charge is 0.335 e. The Bertz CT molecular complexity index is 995. The zero-order valence-electron chi connectivity index (χ0n) is 15.7. The van der Waals surface area contributed by atoms with Gasteiger partial charge in [-0.3, -0.25) is 4.79 Å². The van der Waals surface area contributed by atoms with Crippen molar-refractivity contribution >= 4 is 27.3 Å². The van der Waals surface area contributed by atoms with Gasteiger partial charge in [-0.2, -0.15) is 4.31 Å². The molecule has 4 rings (SSSR count). The van der Waals surface area contributed by atoms with Crippen molar-refractivity contribution in [3.05, 3.63) is 51.5 Å². The molecule has 28 heavy (non-hydrogen) atoms. The minimum Gasteiger partial charge on any atom is -0.335 e. The van der Waals surface area contributed by atoms with Gasteiger partial charge >= 0.3 is 0 Å². The highest BCUT2D eigenvalue weighted by Gasteiger charge is 2.31. The minimum absolute atomic E-state index is 0.0187. The lowest BCUT2D eigenvalue weighted by Gasteiger charge is -2.33. The molecule has 2 aliphatic rings. The first-order chi connectivity index (χ1) is 13.3. The van der Waals surface area contributed by atoms with E-state index in [0.717, 1.165) is 30.2 Å². The third-order valence-electron chi connectivity index (χ3n) is 5.50. The molecule has 0 saturated carbocycles. The highest BCUT2D eigenvalue weighted by molar-refractivity contribution is 7.89. The van der Waals surface area contributed by atoms with Gasteiger partial charge < -0.3 is 4.90 Å². The summed E-state index contributed by atoms with van der Waals surface area (Å²) in [5.74, 6) is 0.0577. The molecule has 0 spiro atoms. The molecule has 1 aliphatic heterocycles. The lowest BCUT2D eigenvalue weighted by Crippen LogP contribution is -2.50. The van der Waals surface area contributed by atoms with E-state index in [-0.39, 0.29) is 23.9 Å². The number of nitrogens with zero attached hydrogens (tertiary/aromatic N) is 2. The van der Waals surface area contributed by atoms with Gasteiger partial charge in [0.2, 0.25) is 10.0 Å². The van der Waals surface area contributed by atoms with Gasteiger partial charge in [-0.05, 0) is 55.0 Å². The van der Waals surface area contributed by atoms with Crippen LogP contribution in [0.5, 0.6) is 0 Å². The molecule has 1 aromatic carbocycles. The van der Waals surface area contributed by atoms with Crippen LogP contribution in [-0.2, 0) is 22.9 Å². The molecule has 1 aromatic heterocycles. The number of amides is 1. The molecular formula is C20H23FN2O3S2. The standard InChI is InChI=1S/C20H23FN2O3S2/c1-14-5-6-18-15(11-14)12-19(27-18)20(24)22-7-9-23(10-8-22)28(25,26)17-4-2-3-16(21)13-17/h2-4,12-14H,5-11H2,1H3/t14-/m0/s1. The second kappa shape index (κ2) is 7.57. The van der Waals surface area contributed by atoms with Gasteiger partial charge in [0.05, 0.1) is 9.77 Å². The molecule has 0 N–H and O–H groups in total. The van der Waals surface area contributed by atoms with Crippen molar-refractivity contribution in [1.82, 2.24) is 9.21 Å². The Balaban J connectivity index is 1.43. The second-order valence-electron chi connectivity index (χ2n) is 7.56. The maximum absolute atomic E-state index is 13.4. The van der Waals surface area contributed by atoms with Crippen molar-refractivity contribution in [1.29, 1.82) is 0 Å². The molecule has 1 saturated heterocycles. The number of hydrogen-bond donors (Lipinski definition) is 0. The van der Waals surface area contributed by atoms with E-state index in [4.69, 9.17) is 0 Å². The number of rotatable bonds is 3. The Hall–Kier alpha value is -1.77. The van der Waals surface area contributed by atoms with E-state index in [2.05, 4.69) is 6.92 Å². The molecule has 150 valence electrons. The molecule has 0 radical (unpaired) electrons. The summed E-state index contributed by atoms with van der Waals surface area (Å²) in [6, 6.07) is 7.06. The van der Waals surface area contributed by atoms with E-state index in [1.807, 2.05) is 6.07 Å². The van der Waals surface area contributed by atoms with E-state index < -0.39 is 15.8 Å². The third kappa shape index (κ3) is 3.73. The quantitative estimate of drug-likeness (QED) is 0.764. The average molecular weight is 423 g/mol. The second-order valence-corrected chi connectivity index (χ2v) is 10.6. The number of benzene rings is 1. The van der Waals surface area contributed by atoms with Gasteiger partial charge in [-0.15, -0.1) is 11.3 Å². The molecule has 1 fully saturated rings. The van der Waals surface area contributed by atoms with Crippen molar-refractivity contribution in [2.24, 2.45) is 5.92 Å². The lowest BCUT2D eigenvalue weighted by atomic mass is 9.90. The summed E-state index contributed by atoms with van der Waals surface area (Å²) >= 11 is 1.58. The van der Waals surface area contributed by atoms with Crippen LogP contribution in [0.25, 0.3) is 0 Å². The van der Waals surface area contributed by atoms with Crippen molar-refractivity contribution in [3.8, 4) is 0 Å². The van der Waals surface area contributed by atoms with E-state index >= 15 is 0 Å². The highest BCUT2D eigenvalue weighted by atomic mass is 32.2. The summed E-state index contributed by atoms with van der Waals surface area (Å²) in [7, 11) is -3.75. The van der Waals surface area contributed by atoms with Crippen LogP contribution in [0.4, 0.5) is 4.39 Å². The molecule has 1 amide bonds. The summed E-state index contributed by atoms with van der Waals surface area (Å²) in [4.78, 5) is 16.6. The summed E-state index contributed by atoms with van der Waals surface area (Å²) in [6.07, 6.45) is 3.23. The summed E-state index contributed by atoms with van der Waals surface area (Å²) in [5, 5.41) is 0. The van der Waals surface area contributed by atoms with E-state index in [1.54, 1.807) is 16.2 Å². The topological polar surface area (TPSA) is 57.7 Å². The number of thiophene rings is 1. The Morgan fingerprint density at radius 1 is 1.18 bits per heavy atom. The average Bonchev–Trinajstić information content (AvgIpc) is 3.10. The van der Waals surface area contributed by atoms with Crippen LogP contribution in [0.1, 0.15) is 33.5 Å². The number of carbonyl (C=O) groups excluding carboxylic acids is 1. The minimum atomic E-state index is -3.75.